The summed E-state index contributed by atoms with van der Waals surface area (Å²) in [5.41, 5.74) is 4.13. The summed E-state index contributed by atoms with van der Waals surface area (Å²) >= 11 is 0. The van der Waals surface area contributed by atoms with Gasteiger partial charge in [0.05, 0.1) is 6.61 Å². The summed E-state index contributed by atoms with van der Waals surface area (Å²) in [6.45, 7) is 4.85. The van der Waals surface area contributed by atoms with Crippen molar-refractivity contribution in [1.82, 2.24) is 4.98 Å². The highest BCUT2D eigenvalue weighted by atomic mass is 16.6. The summed E-state index contributed by atoms with van der Waals surface area (Å²) in [6.07, 6.45) is 5.03. The first-order valence-corrected chi connectivity index (χ1v) is 5.66. The van der Waals surface area contributed by atoms with Crippen molar-refractivity contribution < 1.29 is 4.84 Å². The maximum absolute atomic E-state index is 5.16. The largest absolute Gasteiger partial charge is 0.362 e. The minimum atomic E-state index is -0.0217. The van der Waals surface area contributed by atoms with Gasteiger partial charge in [0.15, 0.2) is 0 Å². The molecule has 2 rings (SSSR count). The van der Waals surface area contributed by atoms with E-state index in [4.69, 9.17) is 10.7 Å². The van der Waals surface area contributed by atoms with Gasteiger partial charge in [-0.1, -0.05) is 13.8 Å². The van der Waals surface area contributed by atoms with Crippen LogP contribution in [-0.2, 0) is 23.1 Å². The van der Waals surface area contributed by atoms with Crippen LogP contribution in [0.2, 0.25) is 0 Å². The van der Waals surface area contributed by atoms with Crippen LogP contribution in [0.25, 0.3) is 0 Å². The Morgan fingerprint density at radius 1 is 1.40 bits per heavy atom. The Morgan fingerprint density at radius 2 is 2.13 bits per heavy atom. The lowest BCUT2D eigenvalue weighted by molar-refractivity contribution is 0.0951. The van der Waals surface area contributed by atoms with E-state index in [1.807, 2.05) is 0 Å². The van der Waals surface area contributed by atoms with E-state index in [9.17, 15) is 0 Å². The maximum Gasteiger partial charge on any atom is 0.0784 e. The Morgan fingerprint density at radius 3 is 2.80 bits per heavy atom. The summed E-state index contributed by atoms with van der Waals surface area (Å²) in [5, 5.41) is 0. The van der Waals surface area contributed by atoms with Crippen molar-refractivity contribution in [3.63, 3.8) is 0 Å². The fourth-order valence-corrected chi connectivity index (χ4v) is 2.25. The number of rotatable bonds is 3. The third-order valence-corrected chi connectivity index (χ3v) is 3.29. The van der Waals surface area contributed by atoms with Gasteiger partial charge in [-0.2, -0.15) is 0 Å². The highest BCUT2D eigenvalue weighted by Gasteiger charge is 2.25. The fourth-order valence-electron chi connectivity index (χ4n) is 2.25. The topological polar surface area (TPSA) is 51.0 Å². The summed E-state index contributed by atoms with van der Waals surface area (Å²) in [7, 11) is 0. The van der Waals surface area contributed by atoms with E-state index in [-0.39, 0.29) is 5.41 Å². The molecule has 0 bridgehead atoms. The molecule has 0 unspecified atom stereocenters. The van der Waals surface area contributed by atoms with Gasteiger partial charge in [0.25, 0.3) is 0 Å². The lowest BCUT2D eigenvalue weighted by atomic mass is 9.90. The van der Waals surface area contributed by atoms with Crippen LogP contribution >= 0.6 is 0 Å². The average molecular weight is 208 g/mol. The first kappa shape index (κ1) is 10.7. The number of aryl methyl sites for hydroxylation is 2. The van der Waals surface area contributed by atoms with Crippen LogP contribution in [0.4, 0.5) is 0 Å². The molecule has 0 amide bonds. The molecule has 3 N–H and O–H groups in total. The van der Waals surface area contributed by atoms with Crippen LogP contribution in [0.15, 0.2) is 6.07 Å². The van der Waals surface area contributed by atoms with Crippen molar-refractivity contribution >= 4 is 0 Å². The fraction of sp³-hybridized carbons (Fsp3) is 0.667. The molecule has 1 aromatic rings. The molecular formula is C12H20N2O. The summed E-state index contributed by atoms with van der Waals surface area (Å²) < 4.78 is 0. The van der Waals surface area contributed by atoms with Gasteiger partial charge in [-0.15, -0.1) is 0 Å². The molecule has 0 aliphatic heterocycles. The second kappa shape index (κ2) is 3.99. The van der Waals surface area contributed by atoms with E-state index in [0.717, 1.165) is 0 Å². The third kappa shape index (κ3) is 2.08. The van der Waals surface area contributed by atoms with Crippen LogP contribution < -0.4 is 5.90 Å². The number of hydrogen-bond acceptors (Lipinski definition) is 2. The number of H-pyrrole nitrogens is 1. The maximum atomic E-state index is 5.16. The Balaban J connectivity index is 2.25. The molecule has 0 saturated carbocycles. The van der Waals surface area contributed by atoms with Crippen molar-refractivity contribution in [2.75, 3.05) is 6.61 Å². The van der Waals surface area contributed by atoms with Gasteiger partial charge in [-0.05, 0) is 37.3 Å². The normalized spacial score (nSPS) is 16.5. The van der Waals surface area contributed by atoms with Crippen LogP contribution in [-0.4, -0.2) is 11.6 Å². The highest BCUT2D eigenvalue weighted by molar-refractivity contribution is 5.31. The van der Waals surface area contributed by atoms with Crippen molar-refractivity contribution in [2.24, 2.45) is 5.90 Å². The second-order valence-corrected chi connectivity index (χ2v) is 5.09. The smallest absolute Gasteiger partial charge is 0.0784 e. The van der Waals surface area contributed by atoms with Crippen LogP contribution in [0, 0.1) is 0 Å². The van der Waals surface area contributed by atoms with Gasteiger partial charge in [0.1, 0.15) is 0 Å². The molecule has 3 nitrogen and oxygen atoms in total. The van der Waals surface area contributed by atoms with Gasteiger partial charge in [0.2, 0.25) is 0 Å². The predicted molar refractivity (Wildman–Crippen MR) is 60.6 cm³/mol. The number of aromatic amines is 1. The molecule has 1 aliphatic carbocycles. The van der Waals surface area contributed by atoms with E-state index < -0.39 is 0 Å². The molecule has 0 aromatic carbocycles. The zero-order chi connectivity index (χ0) is 10.9. The molecule has 0 atom stereocenters. The van der Waals surface area contributed by atoms with Gasteiger partial charge in [0, 0.05) is 16.8 Å². The lowest BCUT2D eigenvalue weighted by Gasteiger charge is -2.21. The van der Waals surface area contributed by atoms with Crippen LogP contribution in [0.3, 0.4) is 0 Å². The van der Waals surface area contributed by atoms with E-state index in [0.29, 0.717) is 6.61 Å². The summed E-state index contributed by atoms with van der Waals surface area (Å²) in [5.74, 6) is 5.16. The number of nitrogens with two attached hydrogens (primary N) is 1. The Labute approximate surface area is 91.0 Å². The number of hydrogen-bond donors (Lipinski definition) is 2. The Kier molecular flexibility index (Phi) is 2.85. The van der Waals surface area contributed by atoms with Gasteiger partial charge >= 0.3 is 0 Å². The molecule has 1 heterocycles. The quantitative estimate of drug-likeness (QED) is 0.747. The van der Waals surface area contributed by atoms with E-state index in [1.165, 1.54) is 42.6 Å². The third-order valence-electron chi connectivity index (χ3n) is 3.29. The monoisotopic (exact) mass is 208 g/mol. The Bertz CT molecular complexity index is 318. The minimum Gasteiger partial charge on any atom is -0.362 e. The number of fused-ring (bicyclic) bond motifs is 1. The van der Waals surface area contributed by atoms with E-state index in [2.05, 4.69) is 24.9 Å². The van der Waals surface area contributed by atoms with Gasteiger partial charge in [-0.3, -0.25) is 0 Å². The summed E-state index contributed by atoms with van der Waals surface area (Å²) in [4.78, 5) is 8.30. The first-order chi connectivity index (χ1) is 7.13. The minimum absolute atomic E-state index is 0.0217. The number of aromatic nitrogens is 1. The van der Waals surface area contributed by atoms with Gasteiger partial charge in [-0.25, -0.2) is 5.90 Å². The van der Waals surface area contributed by atoms with Gasteiger partial charge < -0.3 is 9.82 Å². The molecule has 3 heteroatoms. The molecule has 0 fully saturated rings. The Hall–Kier alpha value is -0.800. The van der Waals surface area contributed by atoms with Crippen molar-refractivity contribution in [1.29, 1.82) is 0 Å². The van der Waals surface area contributed by atoms with E-state index >= 15 is 0 Å². The van der Waals surface area contributed by atoms with Crippen molar-refractivity contribution in [3.8, 4) is 0 Å². The predicted octanol–water partition coefficient (Wildman–Crippen LogP) is 2.06. The molecule has 1 aromatic heterocycles. The zero-order valence-corrected chi connectivity index (χ0v) is 9.60. The zero-order valence-electron chi connectivity index (χ0n) is 9.60. The molecule has 1 aliphatic rings. The molecule has 15 heavy (non-hydrogen) atoms. The number of nitrogens with one attached hydrogen (secondary N) is 1. The van der Waals surface area contributed by atoms with Crippen molar-refractivity contribution in [2.45, 2.75) is 44.9 Å². The highest BCUT2D eigenvalue weighted by Crippen LogP contribution is 2.28. The molecular weight excluding hydrogens is 188 g/mol. The first-order valence-electron chi connectivity index (χ1n) is 5.66. The standard InChI is InChI=1S/C12H20N2O/c1-12(2,8-15-13)11-7-9-5-3-4-6-10(9)14-11/h7,14H,3-6,8,13H2,1-2H3. The molecule has 0 saturated heterocycles. The van der Waals surface area contributed by atoms with E-state index in [1.54, 1.807) is 0 Å². The lowest BCUT2D eigenvalue weighted by Crippen LogP contribution is -2.26. The van der Waals surface area contributed by atoms with Crippen LogP contribution in [0.1, 0.15) is 43.6 Å². The molecule has 0 spiro atoms. The second-order valence-electron chi connectivity index (χ2n) is 5.09. The SMILES string of the molecule is CC(C)(CON)c1cc2c([nH]1)CCCC2. The molecule has 0 radical (unpaired) electrons. The summed E-state index contributed by atoms with van der Waals surface area (Å²) in [6, 6.07) is 2.29. The van der Waals surface area contributed by atoms with Crippen molar-refractivity contribution in [3.05, 3.63) is 23.0 Å². The average Bonchev–Trinajstić information content (AvgIpc) is 2.61. The van der Waals surface area contributed by atoms with Crippen LogP contribution in [0.5, 0.6) is 0 Å². The molecule has 84 valence electrons.